The lowest BCUT2D eigenvalue weighted by atomic mass is 10.2. The van der Waals surface area contributed by atoms with E-state index in [9.17, 15) is 13.5 Å². The molecule has 3 rings (SSSR count). The zero-order valence-corrected chi connectivity index (χ0v) is 11.8. The Morgan fingerprint density at radius 2 is 2.05 bits per heavy atom. The van der Waals surface area contributed by atoms with E-state index >= 15 is 0 Å². The number of fused-ring (bicyclic) bond motifs is 1. The van der Waals surface area contributed by atoms with E-state index in [1.54, 1.807) is 48.6 Å². The molecule has 1 atom stereocenters. The molecule has 0 unspecified atom stereocenters. The number of sulfonamides is 1. The summed E-state index contributed by atoms with van der Waals surface area (Å²) in [4.78, 5) is 2.72. The monoisotopic (exact) mass is 303 g/mol. The van der Waals surface area contributed by atoms with Gasteiger partial charge in [-0.15, -0.1) is 5.11 Å². The van der Waals surface area contributed by atoms with Gasteiger partial charge in [-0.25, -0.2) is 8.42 Å². The Bertz CT molecular complexity index is 863. The first-order valence-corrected chi connectivity index (χ1v) is 7.88. The van der Waals surface area contributed by atoms with Gasteiger partial charge in [0, 0.05) is 5.39 Å². The van der Waals surface area contributed by atoms with Crippen LogP contribution >= 0.6 is 0 Å². The summed E-state index contributed by atoms with van der Waals surface area (Å²) >= 11 is 0. The number of benzene rings is 1. The Balaban J connectivity index is 1.96. The summed E-state index contributed by atoms with van der Waals surface area (Å²) < 4.78 is 27.6. The first-order chi connectivity index (χ1) is 10.1. The van der Waals surface area contributed by atoms with Crippen molar-refractivity contribution in [2.24, 2.45) is 9.63 Å². The average Bonchev–Trinajstić information content (AvgIpc) is 2.81. The second kappa shape index (κ2) is 5.17. The van der Waals surface area contributed by atoms with Crippen LogP contribution in [0, 0.1) is 0 Å². The zero-order chi connectivity index (χ0) is 14.9. The van der Waals surface area contributed by atoms with E-state index in [1.807, 2.05) is 0 Å². The Hall–Kier alpha value is -2.41. The maximum absolute atomic E-state index is 12.1. The lowest BCUT2D eigenvalue weighted by Crippen LogP contribution is -2.16. The molecule has 1 aliphatic rings. The second-order valence-electron chi connectivity index (χ2n) is 4.65. The second-order valence-corrected chi connectivity index (χ2v) is 6.45. The van der Waals surface area contributed by atoms with E-state index in [0.29, 0.717) is 17.3 Å². The van der Waals surface area contributed by atoms with Gasteiger partial charge in [0.1, 0.15) is 5.25 Å². The molecule has 1 aromatic heterocycles. The third-order valence-corrected chi connectivity index (χ3v) is 4.66. The summed E-state index contributed by atoms with van der Waals surface area (Å²) in [5.74, 6) is -0.200. The lowest BCUT2D eigenvalue weighted by molar-refractivity contribution is 0.459. The molecular formula is C14H13N3O3S. The molecule has 0 fully saturated rings. The van der Waals surface area contributed by atoms with Crippen LogP contribution in [0.1, 0.15) is 6.42 Å². The van der Waals surface area contributed by atoms with Crippen LogP contribution in [0.5, 0.6) is 5.88 Å². The number of rotatable bonds is 3. The molecule has 0 aliphatic heterocycles. The fraction of sp³-hybridized carbons (Fsp3) is 0.143. The molecule has 1 aromatic carbocycles. The van der Waals surface area contributed by atoms with Crippen LogP contribution in [0.25, 0.3) is 10.9 Å². The highest BCUT2D eigenvalue weighted by atomic mass is 32.2. The van der Waals surface area contributed by atoms with E-state index in [0.717, 1.165) is 0 Å². The molecule has 0 amide bonds. The first-order valence-electron chi connectivity index (χ1n) is 6.38. The highest BCUT2D eigenvalue weighted by Gasteiger charge is 2.23. The first kappa shape index (κ1) is 13.6. The summed E-state index contributed by atoms with van der Waals surface area (Å²) in [6, 6.07) is 7.07. The number of nitrogens with zero attached hydrogens (tertiary/aromatic N) is 2. The number of hydrogen-bond donors (Lipinski definition) is 2. The van der Waals surface area contributed by atoms with Gasteiger partial charge in [-0.05, 0) is 12.5 Å². The molecule has 2 aromatic rings. The minimum Gasteiger partial charge on any atom is -0.493 e. The maximum atomic E-state index is 12.1. The topological polar surface area (TPSA) is 94.9 Å². The molecule has 1 heterocycles. The van der Waals surface area contributed by atoms with Crippen molar-refractivity contribution in [2.75, 3.05) is 0 Å². The van der Waals surface area contributed by atoms with Crippen LogP contribution in [0.2, 0.25) is 0 Å². The number of nitrogens with one attached hydrogen (secondary N) is 1. The number of para-hydroxylation sites is 1. The Morgan fingerprint density at radius 1 is 1.24 bits per heavy atom. The van der Waals surface area contributed by atoms with Gasteiger partial charge in [0.25, 0.3) is 10.0 Å². The average molecular weight is 303 g/mol. The molecule has 0 saturated heterocycles. The molecule has 2 N–H and O–H groups in total. The van der Waals surface area contributed by atoms with Crippen LogP contribution in [0.4, 0.5) is 5.69 Å². The fourth-order valence-electron chi connectivity index (χ4n) is 2.15. The van der Waals surface area contributed by atoms with Gasteiger partial charge in [-0.2, -0.15) is 0 Å². The van der Waals surface area contributed by atoms with E-state index in [-0.39, 0.29) is 11.6 Å². The largest absolute Gasteiger partial charge is 0.493 e. The molecule has 21 heavy (non-hydrogen) atoms. The summed E-state index contributed by atoms with van der Waals surface area (Å²) in [5.41, 5.74) is 0.798. The van der Waals surface area contributed by atoms with Crippen molar-refractivity contribution in [3.05, 3.63) is 48.6 Å². The van der Waals surface area contributed by atoms with Gasteiger partial charge < -0.3 is 10.1 Å². The Labute approximate surface area is 121 Å². The van der Waals surface area contributed by atoms with Crippen LogP contribution in [-0.2, 0) is 10.0 Å². The van der Waals surface area contributed by atoms with Crippen molar-refractivity contribution in [3.63, 3.8) is 0 Å². The summed E-state index contributed by atoms with van der Waals surface area (Å²) in [6.45, 7) is 0. The van der Waals surface area contributed by atoms with Crippen molar-refractivity contribution in [3.8, 4) is 5.88 Å². The third-order valence-electron chi connectivity index (χ3n) is 3.24. The van der Waals surface area contributed by atoms with Crippen molar-refractivity contribution in [1.82, 2.24) is 4.98 Å². The van der Waals surface area contributed by atoms with Crippen LogP contribution in [0.3, 0.4) is 0 Å². The highest BCUT2D eigenvalue weighted by Crippen LogP contribution is 2.35. The van der Waals surface area contributed by atoms with Crippen LogP contribution in [-0.4, -0.2) is 23.8 Å². The molecule has 108 valence electrons. The van der Waals surface area contributed by atoms with Crippen molar-refractivity contribution in [2.45, 2.75) is 11.7 Å². The van der Waals surface area contributed by atoms with Crippen LogP contribution in [0.15, 0.2) is 58.2 Å². The number of aromatic nitrogens is 1. The van der Waals surface area contributed by atoms with E-state index < -0.39 is 15.3 Å². The summed E-state index contributed by atoms with van der Waals surface area (Å²) in [5, 5.41) is 13.5. The maximum Gasteiger partial charge on any atom is 0.277 e. The predicted molar refractivity (Wildman–Crippen MR) is 80.1 cm³/mol. The van der Waals surface area contributed by atoms with E-state index in [2.05, 4.69) is 14.6 Å². The van der Waals surface area contributed by atoms with Gasteiger partial charge in [0.2, 0.25) is 5.88 Å². The summed E-state index contributed by atoms with van der Waals surface area (Å²) in [7, 11) is -3.75. The normalized spacial score (nSPS) is 18.8. The predicted octanol–water partition coefficient (Wildman–Crippen LogP) is 3.17. The number of aromatic amines is 1. The quantitative estimate of drug-likeness (QED) is 0.852. The molecule has 1 aliphatic carbocycles. The van der Waals surface area contributed by atoms with Crippen molar-refractivity contribution < 1.29 is 13.5 Å². The van der Waals surface area contributed by atoms with E-state index in [4.69, 9.17) is 0 Å². The number of allylic oxidation sites excluding steroid dienone is 3. The Morgan fingerprint density at radius 3 is 2.81 bits per heavy atom. The van der Waals surface area contributed by atoms with Gasteiger partial charge in [-0.3, -0.25) is 0 Å². The SMILES string of the molecule is O=S(=O)(N=Nc1c(O)[nH]c2ccccc12)[C@H]1C=CC=CC1. The summed E-state index contributed by atoms with van der Waals surface area (Å²) in [6.07, 6.45) is 7.17. The smallest absolute Gasteiger partial charge is 0.277 e. The van der Waals surface area contributed by atoms with Gasteiger partial charge in [-0.1, -0.05) is 47.0 Å². The molecule has 0 bridgehead atoms. The minimum atomic E-state index is -3.75. The fourth-order valence-corrected chi connectivity index (χ4v) is 3.11. The molecule has 0 radical (unpaired) electrons. The number of hydrogen-bond acceptors (Lipinski definition) is 4. The lowest BCUT2D eigenvalue weighted by Gasteiger charge is -2.08. The third kappa shape index (κ3) is 2.59. The Kier molecular flexibility index (Phi) is 3.34. The standard InChI is InChI=1S/C14H13N3O3S/c18-14-13(11-8-4-5-9-12(11)15-14)16-17-21(19,20)10-6-2-1-3-7-10/h1-6,8-10,15,18H,7H2/t10-/m0/s1. The number of H-pyrrole nitrogens is 1. The highest BCUT2D eigenvalue weighted by molar-refractivity contribution is 7.90. The van der Waals surface area contributed by atoms with Gasteiger partial charge >= 0.3 is 0 Å². The molecule has 6 nitrogen and oxygen atoms in total. The van der Waals surface area contributed by atoms with Gasteiger partial charge in [0.15, 0.2) is 5.69 Å². The molecule has 0 saturated carbocycles. The van der Waals surface area contributed by atoms with Gasteiger partial charge in [0.05, 0.1) is 5.52 Å². The van der Waals surface area contributed by atoms with Crippen LogP contribution < -0.4 is 0 Å². The van der Waals surface area contributed by atoms with E-state index in [1.165, 1.54) is 0 Å². The molecular weight excluding hydrogens is 290 g/mol. The van der Waals surface area contributed by atoms with Crippen molar-refractivity contribution >= 4 is 26.6 Å². The molecule has 7 heteroatoms. The van der Waals surface area contributed by atoms with Crippen molar-refractivity contribution in [1.29, 1.82) is 0 Å². The number of aromatic hydroxyl groups is 1. The molecule has 0 spiro atoms. The zero-order valence-electron chi connectivity index (χ0n) is 11.0. The minimum absolute atomic E-state index is 0.129.